The summed E-state index contributed by atoms with van der Waals surface area (Å²) in [5.74, 6) is 0.525. The van der Waals surface area contributed by atoms with Gasteiger partial charge in [-0.1, -0.05) is 19.9 Å². The van der Waals surface area contributed by atoms with Crippen LogP contribution >= 0.6 is 0 Å². The number of carbonyl (C=O) groups is 1. The quantitative estimate of drug-likeness (QED) is 0.862. The second-order valence-electron chi connectivity index (χ2n) is 8.07. The third kappa shape index (κ3) is 1.99. The zero-order valence-electron chi connectivity index (χ0n) is 14.5. The van der Waals surface area contributed by atoms with E-state index in [9.17, 15) is 9.90 Å². The molecule has 0 amide bonds. The van der Waals surface area contributed by atoms with Gasteiger partial charge < -0.3 is 19.2 Å². The summed E-state index contributed by atoms with van der Waals surface area (Å²) in [6.45, 7) is 6.83. The van der Waals surface area contributed by atoms with Crippen LogP contribution in [0.2, 0.25) is 0 Å². The molecule has 1 aromatic carbocycles. The molecule has 0 unspecified atom stereocenters. The first-order valence-corrected chi connectivity index (χ1v) is 8.52. The predicted molar refractivity (Wildman–Crippen MR) is 89.7 cm³/mol. The smallest absolute Gasteiger partial charge is 0.494 e. The number of hydrogen-bond acceptors (Lipinski definition) is 4. The Morgan fingerprint density at radius 1 is 1.33 bits per heavy atom. The van der Waals surface area contributed by atoms with Gasteiger partial charge in [0.15, 0.2) is 0 Å². The minimum absolute atomic E-state index is 0.101. The fourth-order valence-electron chi connectivity index (χ4n) is 5.04. The highest BCUT2D eigenvalue weighted by Gasteiger charge is 2.68. The summed E-state index contributed by atoms with van der Waals surface area (Å²) in [5.41, 5.74) is 0.976. The van der Waals surface area contributed by atoms with E-state index in [0.29, 0.717) is 23.0 Å². The highest BCUT2D eigenvalue weighted by atomic mass is 16.7. The average Bonchev–Trinajstić information content (AvgIpc) is 2.90. The summed E-state index contributed by atoms with van der Waals surface area (Å²) in [4.78, 5) is 11.2. The van der Waals surface area contributed by atoms with E-state index in [1.54, 1.807) is 18.2 Å². The van der Waals surface area contributed by atoms with Crippen molar-refractivity contribution in [2.45, 2.75) is 45.3 Å². The van der Waals surface area contributed by atoms with Crippen molar-refractivity contribution in [2.75, 3.05) is 7.11 Å². The Balaban J connectivity index is 1.63. The van der Waals surface area contributed by atoms with E-state index >= 15 is 0 Å². The fraction of sp³-hybridized carbons (Fsp3) is 0.611. The first-order chi connectivity index (χ1) is 11.3. The van der Waals surface area contributed by atoms with Crippen molar-refractivity contribution in [1.29, 1.82) is 0 Å². The van der Waals surface area contributed by atoms with E-state index in [0.717, 1.165) is 11.9 Å². The van der Waals surface area contributed by atoms with Crippen LogP contribution in [0.4, 0.5) is 0 Å². The normalized spacial score (nSPS) is 36.0. The number of benzene rings is 1. The van der Waals surface area contributed by atoms with Crippen LogP contribution in [0.1, 0.15) is 44.0 Å². The lowest BCUT2D eigenvalue weighted by molar-refractivity contribution is -0.199. The first kappa shape index (κ1) is 16.0. The Kier molecular flexibility index (Phi) is 3.32. The van der Waals surface area contributed by atoms with Gasteiger partial charge in [0.05, 0.1) is 18.8 Å². The molecule has 3 aliphatic carbocycles. The third-order valence-electron chi connectivity index (χ3n) is 6.68. The molecule has 1 N–H and O–H groups in total. The van der Waals surface area contributed by atoms with Gasteiger partial charge in [-0.15, -0.1) is 0 Å². The molecule has 24 heavy (non-hydrogen) atoms. The van der Waals surface area contributed by atoms with E-state index in [2.05, 4.69) is 20.8 Å². The molecule has 1 saturated heterocycles. The SMILES string of the molecule is COc1cc(B2O[C@@H]3C[C@@H]4C[C@@H](C4(C)C)[C@]3(C)O2)ccc1C(=O)O. The van der Waals surface area contributed by atoms with E-state index < -0.39 is 13.1 Å². The standard InChI is InChI=1S/C18H23BO5/c1-17(2)10-7-14(17)18(3)15(8-10)23-19(24-18)11-5-6-12(16(20)21)13(9-11)22-4/h5-6,9-10,14-15H,7-8H2,1-4H3,(H,20,21)/t10-,14-,15+,18-/m0/s1. The summed E-state index contributed by atoms with van der Waals surface area (Å²) in [7, 11) is 1.01. The van der Waals surface area contributed by atoms with Crippen molar-refractivity contribution < 1.29 is 23.9 Å². The summed E-state index contributed by atoms with van der Waals surface area (Å²) in [5, 5.41) is 9.22. The molecular formula is C18H23BO5. The lowest BCUT2D eigenvalue weighted by atomic mass is 9.43. The number of rotatable bonds is 3. The molecule has 4 atom stereocenters. The van der Waals surface area contributed by atoms with Crippen LogP contribution in [0.25, 0.3) is 0 Å². The van der Waals surface area contributed by atoms with E-state index in [4.69, 9.17) is 14.0 Å². The summed E-state index contributed by atoms with van der Waals surface area (Å²) in [6, 6.07) is 5.02. The molecule has 0 spiro atoms. The predicted octanol–water partition coefficient (Wildman–Crippen LogP) is 2.33. The molecule has 4 fully saturated rings. The van der Waals surface area contributed by atoms with Crippen molar-refractivity contribution in [1.82, 2.24) is 0 Å². The van der Waals surface area contributed by atoms with Crippen LogP contribution in [0, 0.1) is 17.3 Å². The van der Waals surface area contributed by atoms with Crippen LogP contribution < -0.4 is 10.2 Å². The Morgan fingerprint density at radius 2 is 2.08 bits per heavy atom. The fourth-order valence-corrected chi connectivity index (χ4v) is 5.04. The van der Waals surface area contributed by atoms with Gasteiger partial charge in [-0.05, 0) is 54.6 Å². The molecule has 4 aliphatic rings. The van der Waals surface area contributed by atoms with Crippen molar-refractivity contribution in [3.63, 3.8) is 0 Å². The molecule has 128 valence electrons. The molecule has 0 radical (unpaired) electrons. The van der Waals surface area contributed by atoms with Gasteiger partial charge in [0.25, 0.3) is 0 Å². The van der Waals surface area contributed by atoms with Crippen LogP contribution in [-0.4, -0.2) is 37.0 Å². The topological polar surface area (TPSA) is 65.0 Å². The molecule has 5 rings (SSSR count). The van der Waals surface area contributed by atoms with Crippen molar-refractivity contribution in [3.8, 4) is 5.75 Å². The van der Waals surface area contributed by atoms with E-state index in [1.807, 2.05) is 0 Å². The van der Waals surface area contributed by atoms with Crippen LogP contribution in [0.15, 0.2) is 18.2 Å². The third-order valence-corrected chi connectivity index (χ3v) is 6.68. The Morgan fingerprint density at radius 3 is 2.71 bits per heavy atom. The lowest BCUT2D eigenvalue weighted by Crippen LogP contribution is -2.65. The lowest BCUT2D eigenvalue weighted by Gasteiger charge is -2.64. The van der Waals surface area contributed by atoms with E-state index in [1.165, 1.54) is 13.5 Å². The maximum atomic E-state index is 11.2. The molecule has 2 bridgehead atoms. The number of carboxylic acids is 1. The Bertz CT molecular complexity index is 703. The monoisotopic (exact) mass is 330 g/mol. The van der Waals surface area contributed by atoms with Crippen molar-refractivity contribution >= 4 is 18.6 Å². The number of aromatic carboxylic acids is 1. The maximum absolute atomic E-state index is 11.2. The Labute approximate surface area is 142 Å². The molecule has 1 aromatic rings. The Hall–Kier alpha value is -1.53. The van der Waals surface area contributed by atoms with Gasteiger partial charge in [-0.2, -0.15) is 0 Å². The molecule has 6 heteroatoms. The first-order valence-electron chi connectivity index (χ1n) is 8.52. The van der Waals surface area contributed by atoms with E-state index in [-0.39, 0.29) is 17.3 Å². The molecule has 1 aliphatic heterocycles. The average molecular weight is 330 g/mol. The number of hydrogen-bond donors (Lipinski definition) is 1. The van der Waals surface area contributed by atoms with Crippen molar-refractivity contribution in [2.24, 2.45) is 17.3 Å². The van der Waals surface area contributed by atoms with Crippen LogP contribution in [0.5, 0.6) is 5.75 Å². The number of carboxylic acid groups (broad SMARTS) is 1. The summed E-state index contributed by atoms with van der Waals surface area (Å²) < 4.78 is 17.8. The van der Waals surface area contributed by atoms with Gasteiger partial charge in [0.2, 0.25) is 0 Å². The van der Waals surface area contributed by atoms with Gasteiger partial charge in [0, 0.05) is 0 Å². The second kappa shape index (κ2) is 4.99. The summed E-state index contributed by atoms with van der Waals surface area (Å²) in [6.07, 6.45) is 2.34. The van der Waals surface area contributed by atoms with Crippen molar-refractivity contribution in [3.05, 3.63) is 23.8 Å². The maximum Gasteiger partial charge on any atom is 0.494 e. The van der Waals surface area contributed by atoms with Gasteiger partial charge >= 0.3 is 13.1 Å². The molecule has 3 saturated carbocycles. The minimum Gasteiger partial charge on any atom is -0.496 e. The van der Waals surface area contributed by atoms with Crippen LogP contribution in [0.3, 0.4) is 0 Å². The zero-order chi connectivity index (χ0) is 17.3. The zero-order valence-corrected chi connectivity index (χ0v) is 14.5. The molecule has 5 nitrogen and oxygen atoms in total. The van der Waals surface area contributed by atoms with Gasteiger partial charge in [0.1, 0.15) is 11.3 Å². The highest BCUT2D eigenvalue weighted by Crippen LogP contribution is 2.65. The van der Waals surface area contributed by atoms with Gasteiger partial charge in [-0.25, -0.2) is 4.79 Å². The van der Waals surface area contributed by atoms with Gasteiger partial charge in [-0.3, -0.25) is 0 Å². The highest BCUT2D eigenvalue weighted by molar-refractivity contribution is 6.62. The largest absolute Gasteiger partial charge is 0.496 e. The molecule has 0 aromatic heterocycles. The molecular weight excluding hydrogens is 307 g/mol. The number of methoxy groups -OCH3 is 1. The van der Waals surface area contributed by atoms with Crippen LogP contribution in [-0.2, 0) is 9.31 Å². The summed E-state index contributed by atoms with van der Waals surface area (Å²) >= 11 is 0. The molecule has 1 heterocycles. The number of ether oxygens (including phenoxy) is 1. The second-order valence-corrected chi connectivity index (χ2v) is 8.07. The minimum atomic E-state index is -1.00.